The van der Waals surface area contributed by atoms with E-state index in [9.17, 15) is 14.4 Å². The van der Waals surface area contributed by atoms with Crippen LogP contribution in [0, 0.1) is 11.8 Å². The zero-order valence-corrected chi connectivity index (χ0v) is 8.44. The fraction of sp³-hybridized carbons (Fsp3) is 0.667. The number of carbonyl (C=O) groups is 3. The number of carboxylic acid groups (broad SMARTS) is 1. The summed E-state index contributed by atoms with van der Waals surface area (Å²) in [5.74, 6) is -4.29. The Balaban J connectivity index is 4.68. The molecular formula is C9H14O5. The number of ether oxygens (including phenoxy) is 1. The Bertz CT molecular complexity index is 246. The maximum atomic E-state index is 11.3. The number of methoxy groups -OCH3 is 1. The minimum atomic E-state index is -1.30. The van der Waals surface area contributed by atoms with Crippen molar-refractivity contribution in [2.45, 2.75) is 13.8 Å². The van der Waals surface area contributed by atoms with Gasteiger partial charge in [0.2, 0.25) is 0 Å². The zero-order valence-electron chi connectivity index (χ0n) is 8.44. The van der Waals surface area contributed by atoms with Crippen LogP contribution in [-0.2, 0) is 19.1 Å². The molecule has 0 bridgehead atoms. The fourth-order valence-corrected chi connectivity index (χ4v) is 1.10. The SMILES string of the molecule is COCC(=O)C(C(=O)O)C(C)C(C)=O. The fourth-order valence-electron chi connectivity index (χ4n) is 1.10. The van der Waals surface area contributed by atoms with Gasteiger partial charge in [0.25, 0.3) is 0 Å². The highest BCUT2D eigenvalue weighted by molar-refractivity contribution is 6.02. The first-order chi connectivity index (χ1) is 6.41. The topological polar surface area (TPSA) is 80.7 Å². The molecule has 5 heteroatoms. The van der Waals surface area contributed by atoms with Gasteiger partial charge in [-0.2, -0.15) is 0 Å². The molecule has 0 rings (SSSR count). The molecule has 0 aliphatic carbocycles. The quantitative estimate of drug-likeness (QED) is 0.619. The van der Waals surface area contributed by atoms with Gasteiger partial charge in [-0.3, -0.25) is 14.4 Å². The summed E-state index contributed by atoms with van der Waals surface area (Å²) in [7, 11) is 1.30. The van der Waals surface area contributed by atoms with Gasteiger partial charge in [-0.1, -0.05) is 6.92 Å². The molecule has 0 saturated heterocycles. The molecule has 0 amide bonds. The lowest BCUT2D eigenvalue weighted by atomic mass is 9.87. The summed E-state index contributed by atoms with van der Waals surface area (Å²) in [6, 6.07) is 0. The third kappa shape index (κ3) is 3.26. The largest absolute Gasteiger partial charge is 0.481 e. The predicted octanol–water partition coefficient (Wildman–Crippen LogP) is 0.128. The van der Waals surface area contributed by atoms with Crippen LogP contribution >= 0.6 is 0 Å². The van der Waals surface area contributed by atoms with Crippen molar-refractivity contribution in [1.29, 1.82) is 0 Å². The Hall–Kier alpha value is -1.23. The van der Waals surface area contributed by atoms with E-state index in [0.29, 0.717) is 0 Å². The van der Waals surface area contributed by atoms with E-state index in [2.05, 4.69) is 4.74 Å². The van der Waals surface area contributed by atoms with Gasteiger partial charge in [0.1, 0.15) is 18.3 Å². The van der Waals surface area contributed by atoms with Crippen molar-refractivity contribution in [2.24, 2.45) is 11.8 Å². The first-order valence-corrected chi connectivity index (χ1v) is 4.16. The van der Waals surface area contributed by atoms with Crippen LogP contribution in [0.5, 0.6) is 0 Å². The standard InChI is InChI=1S/C9H14O5/c1-5(6(2)10)8(9(12)13)7(11)4-14-3/h5,8H,4H2,1-3H3,(H,12,13). The normalized spacial score (nSPS) is 14.5. The van der Waals surface area contributed by atoms with Crippen LogP contribution < -0.4 is 0 Å². The van der Waals surface area contributed by atoms with Gasteiger partial charge < -0.3 is 9.84 Å². The first-order valence-electron chi connectivity index (χ1n) is 4.16. The summed E-state index contributed by atoms with van der Waals surface area (Å²) in [4.78, 5) is 32.9. The molecule has 0 saturated carbocycles. The summed E-state index contributed by atoms with van der Waals surface area (Å²) in [5.41, 5.74) is 0. The third-order valence-electron chi connectivity index (χ3n) is 2.04. The Morgan fingerprint density at radius 1 is 1.36 bits per heavy atom. The van der Waals surface area contributed by atoms with E-state index in [-0.39, 0.29) is 12.4 Å². The molecule has 0 aliphatic heterocycles. The van der Waals surface area contributed by atoms with Gasteiger partial charge in [-0.15, -0.1) is 0 Å². The molecule has 0 heterocycles. The van der Waals surface area contributed by atoms with Crippen molar-refractivity contribution in [2.75, 3.05) is 13.7 Å². The van der Waals surface area contributed by atoms with E-state index < -0.39 is 23.6 Å². The second-order valence-electron chi connectivity index (χ2n) is 3.11. The Kier molecular flexibility index (Phi) is 5.01. The van der Waals surface area contributed by atoms with Crippen LogP contribution in [-0.4, -0.2) is 36.4 Å². The molecule has 14 heavy (non-hydrogen) atoms. The summed E-state index contributed by atoms with van der Waals surface area (Å²) in [6.07, 6.45) is 0. The maximum absolute atomic E-state index is 11.3. The second-order valence-corrected chi connectivity index (χ2v) is 3.11. The van der Waals surface area contributed by atoms with Gasteiger partial charge in [0, 0.05) is 13.0 Å². The van der Waals surface area contributed by atoms with Gasteiger partial charge >= 0.3 is 5.97 Å². The predicted molar refractivity (Wildman–Crippen MR) is 47.9 cm³/mol. The average molecular weight is 202 g/mol. The summed E-state index contributed by atoms with van der Waals surface area (Å²) < 4.78 is 4.54. The maximum Gasteiger partial charge on any atom is 0.314 e. The van der Waals surface area contributed by atoms with Crippen LogP contribution in [0.4, 0.5) is 0 Å². The van der Waals surface area contributed by atoms with Gasteiger partial charge in [-0.25, -0.2) is 0 Å². The van der Waals surface area contributed by atoms with Gasteiger partial charge in [0.15, 0.2) is 5.78 Å². The van der Waals surface area contributed by atoms with Crippen molar-refractivity contribution in [3.63, 3.8) is 0 Å². The molecule has 0 aliphatic rings. The molecule has 0 fully saturated rings. The number of ketones is 2. The molecule has 0 spiro atoms. The zero-order chi connectivity index (χ0) is 11.3. The number of carbonyl (C=O) groups excluding carboxylic acids is 2. The number of carboxylic acids is 1. The highest BCUT2D eigenvalue weighted by atomic mass is 16.5. The summed E-state index contributed by atoms with van der Waals surface area (Å²) >= 11 is 0. The summed E-state index contributed by atoms with van der Waals surface area (Å²) in [5, 5.41) is 8.76. The van der Waals surface area contributed by atoms with Gasteiger partial charge in [0.05, 0.1) is 0 Å². The Morgan fingerprint density at radius 3 is 2.14 bits per heavy atom. The lowest BCUT2D eigenvalue weighted by Gasteiger charge is -2.15. The van der Waals surface area contributed by atoms with E-state index in [1.807, 2.05) is 0 Å². The number of hydrogen-bond donors (Lipinski definition) is 1. The van der Waals surface area contributed by atoms with Crippen molar-refractivity contribution in [1.82, 2.24) is 0 Å². The van der Waals surface area contributed by atoms with Crippen LogP contribution in [0.25, 0.3) is 0 Å². The van der Waals surface area contributed by atoms with Crippen LogP contribution in [0.15, 0.2) is 0 Å². The molecule has 0 aromatic rings. The number of aliphatic carboxylic acids is 1. The number of Topliss-reactive ketones (excluding diaryl/α,β-unsaturated/α-hetero) is 2. The molecule has 1 N–H and O–H groups in total. The lowest BCUT2D eigenvalue weighted by molar-refractivity contribution is -0.152. The number of hydrogen-bond acceptors (Lipinski definition) is 4. The monoisotopic (exact) mass is 202 g/mol. The highest BCUT2D eigenvalue weighted by Gasteiger charge is 2.33. The molecule has 5 nitrogen and oxygen atoms in total. The number of rotatable bonds is 6. The van der Waals surface area contributed by atoms with E-state index in [1.54, 1.807) is 0 Å². The molecule has 2 unspecified atom stereocenters. The van der Waals surface area contributed by atoms with Crippen molar-refractivity contribution in [3.05, 3.63) is 0 Å². The van der Waals surface area contributed by atoms with Crippen molar-refractivity contribution >= 4 is 17.5 Å². The molecule has 2 atom stereocenters. The Morgan fingerprint density at radius 2 is 1.86 bits per heavy atom. The second kappa shape index (κ2) is 5.49. The third-order valence-corrected chi connectivity index (χ3v) is 2.04. The minimum absolute atomic E-state index is 0.283. The van der Waals surface area contributed by atoms with Crippen molar-refractivity contribution in [3.8, 4) is 0 Å². The average Bonchev–Trinajstić information content (AvgIpc) is 2.03. The van der Waals surface area contributed by atoms with Crippen LogP contribution in [0.1, 0.15) is 13.8 Å². The van der Waals surface area contributed by atoms with Gasteiger partial charge in [-0.05, 0) is 6.92 Å². The molecule has 0 radical (unpaired) electrons. The van der Waals surface area contributed by atoms with E-state index in [0.717, 1.165) is 0 Å². The van der Waals surface area contributed by atoms with Crippen molar-refractivity contribution < 1.29 is 24.2 Å². The highest BCUT2D eigenvalue weighted by Crippen LogP contribution is 2.14. The van der Waals surface area contributed by atoms with E-state index in [4.69, 9.17) is 5.11 Å². The minimum Gasteiger partial charge on any atom is -0.481 e. The molecule has 80 valence electrons. The van der Waals surface area contributed by atoms with E-state index >= 15 is 0 Å². The smallest absolute Gasteiger partial charge is 0.314 e. The van der Waals surface area contributed by atoms with E-state index in [1.165, 1.54) is 21.0 Å². The van der Waals surface area contributed by atoms with Crippen LogP contribution in [0.2, 0.25) is 0 Å². The molecule has 0 aromatic heterocycles. The Labute approximate surface area is 82.1 Å². The van der Waals surface area contributed by atoms with Crippen LogP contribution in [0.3, 0.4) is 0 Å². The first kappa shape index (κ1) is 12.8. The molecule has 0 aromatic carbocycles. The lowest BCUT2D eigenvalue weighted by Crippen LogP contribution is -2.35. The molecular weight excluding hydrogens is 188 g/mol. The summed E-state index contributed by atoms with van der Waals surface area (Å²) in [6.45, 7) is 2.41.